The van der Waals surface area contributed by atoms with Gasteiger partial charge in [0.05, 0.1) is 27.3 Å². The van der Waals surface area contributed by atoms with E-state index in [9.17, 15) is 14.4 Å². The number of nitrogens with one attached hydrogen (secondary N) is 1. The molecule has 3 aliphatic heterocycles. The fourth-order valence-electron chi connectivity index (χ4n) is 7.78. The van der Waals surface area contributed by atoms with E-state index < -0.39 is 17.8 Å². The van der Waals surface area contributed by atoms with Gasteiger partial charge in [-0.1, -0.05) is 89.9 Å². The SMILES string of the molecule is COc1cc(/C=C2\C(=O)NC(=O)N(c3cc4c5c(c3)[C@H](c3ccccc3)CCN5CC[C@H]4c3ccccc3)C2=O)cc(Br)c1OCc1ccc(Cl)c(Cl)c1. The monoisotopic (exact) mass is 821 g/mol. The molecular weight excluding hydrogens is 789 g/mol. The van der Waals surface area contributed by atoms with Crippen molar-refractivity contribution in [2.75, 3.05) is 30.0 Å². The van der Waals surface area contributed by atoms with Crippen LogP contribution in [0.15, 0.2) is 113 Å². The number of rotatable bonds is 8. The van der Waals surface area contributed by atoms with Crippen LogP contribution in [0.4, 0.5) is 16.2 Å². The highest BCUT2D eigenvalue weighted by atomic mass is 79.9. The molecule has 11 heteroatoms. The number of hydrogen-bond donors (Lipinski definition) is 1. The van der Waals surface area contributed by atoms with Crippen LogP contribution in [-0.2, 0) is 16.2 Å². The molecule has 0 unspecified atom stereocenters. The quantitative estimate of drug-likeness (QED) is 0.124. The fraction of sp³-hybridized carbons (Fsp3) is 0.186. The van der Waals surface area contributed by atoms with Crippen LogP contribution < -0.4 is 24.6 Å². The largest absolute Gasteiger partial charge is 0.493 e. The first-order valence-corrected chi connectivity index (χ1v) is 19.1. The van der Waals surface area contributed by atoms with Crippen LogP contribution >= 0.6 is 39.1 Å². The average Bonchev–Trinajstić information content (AvgIpc) is 3.18. The first-order chi connectivity index (χ1) is 26.2. The van der Waals surface area contributed by atoms with Gasteiger partial charge in [0, 0.05) is 30.6 Å². The minimum atomic E-state index is -0.796. The normalized spacial score (nSPS) is 18.7. The number of amides is 4. The maximum atomic E-state index is 14.4. The molecule has 5 aromatic rings. The predicted molar refractivity (Wildman–Crippen MR) is 215 cm³/mol. The third-order valence-electron chi connectivity index (χ3n) is 10.3. The van der Waals surface area contributed by atoms with Crippen molar-refractivity contribution in [1.29, 1.82) is 0 Å². The number of urea groups is 1. The Balaban J connectivity index is 1.18. The van der Waals surface area contributed by atoms with Gasteiger partial charge in [-0.05, 0) is 105 Å². The van der Waals surface area contributed by atoms with Gasteiger partial charge in [0.15, 0.2) is 11.5 Å². The zero-order valence-electron chi connectivity index (χ0n) is 29.2. The lowest BCUT2D eigenvalue weighted by atomic mass is 9.76. The zero-order valence-corrected chi connectivity index (χ0v) is 32.2. The lowest BCUT2D eigenvalue weighted by molar-refractivity contribution is -0.122. The van der Waals surface area contributed by atoms with Gasteiger partial charge in [-0.3, -0.25) is 14.9 Å². The summed E-state index contributed by atoms with van der Waals surface area (Å²) in [6, 6.07) is 32.4. The predicted octanol–water partition coefficient (Wildman–Crippen LogP) is 9.89. The van der Waals surface area contributed by atoms with Crippen molar-refractivity contribution < 1.29 is 23.9 Å². The fourth-order valence-corrected chi connectivity index (χ4v) is 8.67. The lowest BCUT2D eigenvalue weighted by Gasteiger charge is -2.44. The molecule has 2 atom stereocenters. The Kier molecular flexibility index (Phi) is 9.96. The number of nitrogens with zero attached hydrogens (tertiary/aromatic N) is 2. The van der Waals surface area contributed by atoms with E-state index >= 15 is 0 Å². The van der Waals surface area contributed by atoms with E-state index in [-0.39, 0.29) is 24.0 Å². The van der Waals surface area contributed by atoms with Gasteiger partial charge in [0.2, 0.25) is 0 Å². The molecular formula is C43H34BrCl2N3O5. The van der Waals surface area contributed by atoms with E-state index in [0.717, 1.165) is 53.2 Å². The number of methoxy groups -OCH3 is 1. The van der Waals surface area contributed by atoms with Gasteiger partial charge >= 0.3 is 6.03 Å². The highest BCUT2D eigenvalue weighted by Crippen LogP contribution is 2.50. The van der Waals surface area contributed by atoms with E-state index in [0.29, 0.717) is 37.3 Å². The van der Waals surface area contributed by atoms with Crippen LogP contribution in [0.3, 0.4) is 0 Å². The molecule has 0 aliphatic carbocycles. The molecule has 5 aromatic carbocycles. The standard InChI is InChI=1S/C43H34BrCl2N3O5/c1-53-38-21-26(19-35(44)40(38)54-24-25-12-13-36(45)37(46)20-25)18-34-41(50)47-43(52)49(42(34)51)29-22-32-30(27-8-4-2-5-9-27)14-16-48-17-15-31(33(23-29)39(32)48)28-10-6-3-7-11-28/h2-13,18-23,30-31H,14-17,24H2,1H3,(H,47,50,52)/b34-18+/t30-,31-/m0/s1. The Morgan fingerprint density at radius 2 is 1.44 bits per heavy atom. The van der Waals surface area contributed by atoms with Crippen LogP contribution in [0.25, 0.3) is 6.08 Å². The van der Waals surface area contributed by atoms with Crippen molar-refractivity contribution in [3.8, 4) is 11.5 Å². The highest BCUT2D eigenvalue weighted by Gasteiger charge is 2.40. The average molecular weight is 824 g/mol. The molecule has 3 aliphatic rings. The summed E-state index contributed by atoms with van der Waals surface area (Å²) < 4.78 is 12.3. The Bertz CT molecular complexity index is 2260. The second kappa shape index (κ2) is 15.0. The van der Waals surface area contributed by atoms with Crippen molar-refractivity contribution >= 4 is 74.4 Å². The Labute approximate surface area is 331 Å². The van der Waals surface area contributed by atoms with Gasteiger partial charge in [-0.2, -0.15) is 0 Å². The van der Waals surface area contributed by atoms with Gasteiger partial charge in [-0.25, -0.2) is 9.69 Å². The Hall–Kier alpha value is -5.09. The topological polar surface area (TPSA) is 88.2 Å². The van der Waals surface area contributed by atoms with Crippen molar-refractivity contribution in [3.05, 3.63) is 157 Å². The van der Waals surface area contributed by atoms with Gasteiger partial charge in [0.1, 0.15) is 12.2 Å². The number of hydrogen-bond acceptors (Lipinski definition) is 6. The van der Waals surface area contributed by atoms with E-state index in [1.165, 1.54) is 24.3 Å². The van der Waals surface area contributed by atoms with E-state index in [4.69, 9.17) is 32.7 Å². The summed E-state index contributed by atoms with van der Waals surface area (Å²) in [5.74, 6) is -0.599. The minimum absolute atomic E-state index is 0.0625. The molecule has 0 spiro atoms. The number of anilines is 2. The molecule has 4 amide bonds. The van der Waals surface area contributed by atoms with Crippen LogP contribution in [0.5, 0.6) is 11.5 Å². The third-order valence-corrected chi connectivity index (χ3v) is 11.6. The summed E-state index contributed by atoms with van der Waals surface area (Å²) in [6.45, 7) is 1.99. The highest BCUT2D eigenvalue weighted by molar-refractivity contribution is 9.10. The number of imide groups is 2. The molecule has 54 heavy (non-hydrogen) atoms. The molecule has 1 N–H and O–H groups in total. The van der Waals surface area contributed by atoms with Crippen LogP contribution in [0.1, 0.15) is 58.1 Å². The summed E-state index contributed by atoms with van der Waals surface area (Å²) in [4.78, 5) is 44.9. The third kappa shape index (κ3) is 6.76. The molecule has 0 saturated carbocycles. The second-order valence-corrected chi connectivity index (χ2v) is 15.2. The second-order valence-electron chi connectivity index (χ2n) is 13.5. The van der Waals surface area contributed by atoms with Crippen LogP contribution in [0, 0.1) is 0 Å². The van der Waals surface area contributed by atoms with Crippen molar-refractivity contribution in [2.45, 2.75) is 31.3 Å². The number of benzene rings is 5. The van der Waals surface area contributed by atoms with Gasteiger partial charge < -0.3 is 14.4 Å². The van der Waals surface area contributed by atoms with Gasteiger partial charge in [0.25, 0.3) is 11.8 Å². The van der Waals surface area contributed by atoms with Crippen LogP contribution in [0.2, 0.25) is 10.0 Å². The van der Waals surface area contributed by atoms with E-state index in [1.54, 1.807) is 24.3 Å². The summed E-state index contributed by atoms with van der Waals surface area (Å²) in [5, 5.41) is 3.27. The molecule has 0 bridgehead atoms. The maximum Gasteiger partial charge on any atom is 0.335 e. The molecule has 0 radical (unpaired) electrons. The number of ether oxygens (including phenoxy) is 2. The summed E-state index contributed by atoms with van der Waals surface area (Å²) in [5.41, 5.74) is 7.14. The number of halogens is 3. The van der Waals surface area contributed by atoms with E-state index in [1.807, 2.05) is 54.6 Å². The van der Waals surface area contributed by atoms with Crippen molar-refractivity contribution in [3.63, 3.8) is 0 Å². The first-order valence-electron chi connectivity index (χ1n) is 17.6. The summed E-state index contributed by atoms with van der Waals surface area (Å²) >= 11 is 15.8. The number of carbonyl (C=O) groups excluding carboxylic acids is 3. The zero-order chi connectivity index (χ0) is 37.5. The molecule has 272 valence electrons. The van der Waals surface area contributed by atoms with Crippen LogP contribution in [-0.4, -0.2) is 38.0 Å². The molecule has 3 heterocycles. The molecule has 1 saturated heterocycles. The summed E-state index contributed by atoms with van der Waals surface area (Å²) in [6.07, 6.45) is 3.24. The smallest absolute Gasteiger partial charge is 0.335 e. The van der Waals surface area contributed by atoms with E-state index in [2.05, 4.69) is 50.4 Å². The first kappa shape index (κ1) is 35.9. The van der Waals surface area contributed by atoms with Crippen molar-refractivity contribution in [1.82, 2.24) is 5.32 Å². The summed E-state index contributed by atoms with van der Waals surface area (Å²) in [7, 11) is 1.50. The minimum Gasteiger partial charge on any atom is -0.493 e. The molecule has 8 rings (SSSR count). The van der Waals surface area contributed by atoms with Crippen molar-refractivity contribution in [2.24, 2.45) is 0 Å². The molecule has 8 nitrogen and oxygen atoms in total. The van der Waals surface area contributed by atoms with Gasteiger partial charge in [-0.15, -0.1) is 0 Å². The lowest BCUT2D eigenvalue weighted by Crippen LogP contribution is -2.54. The Morgan fingerprint density at radius 3 is 2.04 bits per heavy atom. The number of barbiturate groups is 1. The number of carbonyl (C=O) groups is 3. The molecule has 0 aromatic heterocycles. The Morgan fingerprint density at radius 1 is 0.815 bits per heavy atom. The maximum absolute atomic E-state index is 14.4. The molecule has 1 fully saturated rings.